The summed E-state index contributed by atoms with van der Waals surface area (Å²) in [5.41, 5.74) is 0. The van der Waals surface area contributed by atoms with Crippen LogP contribution in [0.3, 0.4) is 0 Å². The monoisotopic (exact) mass is 286 g/mol. The van der Waals surface area contributed by atoms with E-state index in [2.05, 4.69) is 32.9 Å². The summed E-state index contributed by atoms with van der Waals surface area (Å²) in [6.07, 6.45) is 0. The van der Waals surface area contributed by atoms with Crippen LogP contribution in [0.4, 0.5) is 17.8 Å². The Labute approximate surface area is 117 Å². The molecule has 0 aliphatic heterocycles. The van der Waals surface area contributed by atoms with Crippen molar-refractivity contribution in [2.45, 2.75) is 6.04 Å². The Morgan fingerprint density at radius 3 is 2.00 bits per heavy atom. The summed E-state index contributed by atoms with van der Waals surface area (Å²) < 4.78 is 0. The molecule has 0 unspecified atom stereocenters. The number of carboxylic acid groups (broad SMARTS) is 1. The predicted molar refractivity (Wildman–Crippen MR) is 77.4 cm³/mol. The Morgan fingerprint density at radius 2 is 1.68 bits per heavy atom. The number of rotatable bonds is 6. The van der Waals surface area contributed by atoms with Gasteiger partial charge < -0.3 is 20.2 Å². The summed E-state index contributed by atoms with van der Waals surface area (Å²) in [7, 11) is 7.19. The molecule has 9 heteroatoms. The molecule has 0 radical (unpaired) electrons. The minimum atomic E-state index is -1.01. The van der Waals surface area contributed by atoms with Crippen LogP contribution in [0.15, 0.2) is 0 Å². The smallest absolute Gasteiger partial charge is 0.327 e. The van der Waals surface area contributed by atoms with Crippen LogP contribution in [-0.2, 0) is 4.79 Å². The molecule has 1 aromatic heterocycles. The van der Waals surface area contributed by atoms with Gasteiger partial charge in [-0.25, -0.2) is 4.79 Å². The fourth-order valence-corrected chi connectivity index (χ4v) is 1.41. The second-order valence-corrected chi connectivity index (χ2v) is 4.63. The van der Waals surface area contributed by atoms with Gasteiger partial charge in [0.2, 0.25) is 17.8 Å². The molecule has 0 saturated heterocycles. The summed E-state index contributed by atoms with van der Waals surface area (Å²) in [6, 6.07) is -0.851. The van der Waals surface area contributed by atoms with Crippen molar-refractivity contribution < 1.29 is 9.90 Å². The molecule has 1 rings (SSSR count). The fraction of sp³-hybridized carbons (Fsp3) is 0.600. The van der Waals surface area contributed by atoms with Gasteiger partial charge in [0.15, 0.2) is 0 Å². The number of nitrogens with one attached hydrogen (secondary N) is 1. The Kier molecular flexibility index (Phi) is 5.16. The second-order valence-electron chi connectivity index (χ2n) is 4.27. The van der Waals surface area contributed by atoms with Crippen molar-refractivity contribution in [3.8, 4) is 0 Å². The lowest BCUT2D eigenvalue weighted by Crippen LogP contribution is -2.32. The molecule has 0 spiro atoms. The molecule has 0 saturated carbocycles. The number of aliphatic carboxylic acids is 1. The minimum Gasteiger partial charge on any atom is -0.480 e. The van der Waals surface area contributed by atoms with Crippen LogP contribution >= 0.6 is 12.6 Å². The third kappa shape index (κ3) is 4.12. The van der Waals surface area contributed by atoms with Gasteiger partial charge in [0, 0.05) is 33.9 Å². The molecule has 0 aliphatic carbocycles. The zero-order valence-electron chi connectivity index (χ0n) is 11.3. The molecular weight excluding hydrogens is 268 g/mol. The van der Waals surface area contributed by atoms with E-state index >= 15 is 0 Å². The number of aromatic nitrogens is 3. The maximum Gasteiger partial charge on any atom is 0.327 e. The zero-order chi connectivity index (χ0) is 14.6. The largest absolute Gasteiger partial charge is 0.480 e. The van der Waals surface area contributed by atoms with E-state index < -0.39 is 12.0 Å². The number of carboxylic acids is 1. The SMILES string of the molecule is CN(C)c1nc(N[C@@H](CS)C(=O)O)nc(N(C)C)n1. The molecule has 1 aromatic rings. The Balaban J connectivity index is 3.08. The van der Waals surface area contributed by atoms with Crippen LogP contribution in [-0.4, -0.2) is 66.0 Å². The molecule has 0 amide bonds. The van der Waals surface area contributed by atoms with E-state index in [1.807, 2.05) is 0 Å². The third-order valence-electron chi connectivity index (χ3n) is 2.20. The van der Waals surface area contributed by atoms with E-state index in [9.17, 15) is 4.79 Å². The Bertz CT molecular complexity index is 427. The van der Waals surface area contributed by atoms with Crippen molar-refractivity contribution in [2.75, 3.05) is 49.1 Å². The molecule has 0 fully saturated rings. The van der Waals surface area contributed by atoms with Gasteiger partial charge in [-0.3, -0.25) is 0 Å². The topological polar surface area (TPSA) is 94.5 Å². The first kappa shape index (κ1) is 15.3. The highest BCUT2D eigenvalue weighted by Gasteiger charge is 2.18. The first-order chi connectivity index (χ1) is 8.85. The van der Waals surface area contributed by atoms with Crippen LogP contribution in [0.25, 0.3) is 0 Å². The average molecular weight is 286 g/mol. The molecule has 1 heterocycles. The standard InChI is InChI=1S/C10H18N6O2S/c1-15(2)9-12-8(11-6(5-19)7(17)18)13-10(14-9)16(3)4/h6,19H,5H2,1-4H3,(H,17,18)(H,11,12,13,14)/t6-/m0/s1. The first-order valence-electron chi connectivity index (χ1n) is 5.56. The van der Waals surface area contributed by atoms with Gasteiger partial charge >= 0.3 is 5.97 Å². The normalized spacial score (nSPS) is 11.8. The molecular formula is C10H18N6O2S. The minimum absolute atomic E-state index is 0.135. The van der Waals surface area contributed by atoms with Crippen molar-refractivity contribution >= 4 is 36.4 Å². The Morgan fingerprint density at radius 1 is 1.21 bits per heavy atom. The van der Waals surface area contributed by atoms with E-state index in [1.54, 1.807) is 38.0 Å². The van der Waals surface area contributed by atoms with E-state index in [0.29, 0.717) is 11.9 Å². The molecule has 8 nitrogen and oxygen atoms in total. The van der Waals surface area contributed by atoms with Gasteiger partial charge in [-0.15, -0.1) is 0 Å². The predicted octanol–water partition coefficient (Wildman–Crippen LogP) is -0.202. The van der Waals surface area contributed by atoms with Crippen LogP contribution in [0.1, 0.15) is 0 Å². The van der Waals surface area contributed by atoms with Crippen LogP contribution in [0, 0.1) is 0 Å². The highest BCUT2D eigenvalue weighted by Crippen LogP contribution is 2.14. The maximum atomic E-state index is 11.0. The van der Waals surface area contributed by atoms with Gasteiger partial charge in [-0.1, -0.05) is 0 Å². The van der Waals surface area contributed by atoms with Crippen molar-refractivity contribution in [1.29, 1.82) is 0 Å². The molecule has 0 bridgehead atoms. The van der Waals surface area contributed by atoms with Crippen molar-refractivity contribution in [1.82, 2.24) is 15.0 Å². The van der Waals surface area contributed by atoms with E-state index in [4.69, 9.17) is 5.11 Å². The number of carbonyl (C=O) groups is 1. The number of hydrogen-bond acceptors (Lipinski definition) is 8. The highest BCUT2D eigenvalue weighted by atomic mass is 32.1. The summed E-state index contributed by atoms with van der Waals surface area (Å²) in [6.45, 7) is 0. The van der Waals surface area contributed by atoms with E-state index in [1.165, 1.54) is 0 Å². The first-order valence-corrected chi connectivity index (χ1v) is 6.19. The average Bonchev–Trinajstić information content (AvgIpc) is 2.34. The van der Waals surface area contributed by atoms with Gasteiger partial charge in [0.1, 0.15) is 6.04 Å². The van der Waals surface area contributed by atoms with Crippen molar-refractivity contribution in [2.24, 2.45) is 0 Å². The van der Waals surface area contributed by atoms with Gasteiger partial charge in [-0.2, -0.15) is 27.6 Å². The molecule has 1 atom stereocenters. The van der Waals surface area contributed by atoms with Crippen LogP contribution in [0.5, 0.6) is 0 Å². The lowest BCUT2D eigenvalue weighted by molar-refractivity contribution is -0.137. The maximum absolute atomic E-state index is 11.0. The van der Waals surface area contributed by atoms with E-state index in [0.717, 1.165) is 0 Å². The van der Waals surface area contributed by atoms with Gasteiger partial charge in [-0.05, 0) is 0 Å². The number of thiol groups is 1. The molecule has 106 valence electrons. The molecule has 0 aliphatic rings. The highest BCUT2D eigenvalue weighted by molar-refractivity contribution is 7.80. The zero-order valence-corrected chi connectivity index (χ0v) is 12.2. The van der Waals surface area contributed by atoms with Gasteiger partial charge in [0.25, 0.3) is 0 Å². The summed E-state index contributed by atoms with van der Waals surface area (Å²) in [5, 5.41) is 11.7. The lowest BCUT2D eigenvalue weighted by Gasteiger charge is -2.18. The fourth-order valence-electron chi connectivity index (χ4n) is 1.16. The summed E-state index contributed by atoms with van der Waals surface area (Å²) in [4.78, 5) is 26.9. The van der Waals surface area contributed by atoms with Gasteiger partial charge in [0.05, 0.1) is 0 Å². The molecule has 19 heavy (non-hydrogen) atoms. The molecule has 2 N–H and O–H groups in total. The summed E-state index contributed by atoms with van der Waals surface area (Å²) >= 11 is 3.98. The summed E-state index contributed by atoms with van der Waals surface area (Å²) in [5.74, 6) is 0.237. The quantitative estimate of drug-likeness (QED) is 0.619. The third-order valence-corrected chi connectivity index (χ3v) is 2.56. The number of anilines is 3. The Hall–Kier alpha value is -1.77. The van der Waals surface area contributed by atoms with E-state index in [-0.39, 0.29) is 11.7 Å². The van der Waals surface area contributed by atoms with Crippen molar-refractivity contribution in [3.05, 3.63) is 0 Å². The second kappa shape index (κ2) is 6.41. The van der Waals surface area contributed by atoms with Crippen LogP contribution in [0.2, 0.25) is 0 Å². The van der Waals surface area contributed by atoms with Crippen LogP contribution < -0.4 is 15.1 Å². The lowest BCUT2D eigenvalue weighted by atomic mass is 10.3. The number of nitrogens with zero attached hydrogens (tertiary/aromatic N) is 5. The number of hydrogen-bond donors (Lipinski definition) is 3. The van der Waals surface area contributed by atoms with Crippen molar-refractivity contribution in [3.63, 3.8) is 0 Å². The molecule has 0 aromatic carbocycles.